The first kappa shape index (κ1) is 25.1. The fourth-order valence-electron chi connectivity index (χ4n) is 5.23. The molecule has 1 saturated heterocycles. The van der Waals surface area contributed by atoms with Gasteiger partial charge >= 0.3 is 0 Å². The summed E-state index contributed by atoms with van der Waals surface area (Å²) in [7, 11) is 1.74. The largest absolute Gasteiger partial charge is 0.496 e. The lowest BCUT2D eigenvalue weighted by molar-refractivity contribution is -0.135. The predicted octanol–water partition coefficient (Wildman–Crippen LogP) is 5.81. The molecular weight excluding hydrogens is 436 g/mol. The number of ether oxygens (including phenoxy) is 1. The van der Waals surface area contributed by atoms with Gasteiger partial charge in [0.2, 0.25) is 5.91 Å². The second-order valence-corrected chi connectivity index (χ2v) is 10.1. The van der Waals surface area contributed by atoms with E-state index in [1.165, 1.54) is 11.1 Å². The lowest BCUT2D eigenvalue weighted by Gasteiger charge is -2.30. The Morgan fingerprint density at radius 2 is 1.80 bits per heavy atom. The Bertz CT molecular complexity index is 1100. The smallest absolute Gasteiger partial charge is 0.225 e. The molecule has 0 bridgehead atoms. The molecule has 2 heterocycles. The minimum absolute atomic E-state index is 0.0463. The predicted molar refractivity (Wildman–Crippen MR) is 139 cm³/mol. The van der Waals surface area contributed by atoms with E-state index < -0.39 is 0 Å². The quantitative estimate of drug-likeness (QED) is 0.393. The molecule has 0 N–H and O–H groups in total. The number of hydrogen-bond donors (Lipinski definition) is 0. The Balaban J connectivity index is 1.61. The molecule has 5 heteroatoms. The Hall–Kier alpha value is -3.05. The van der Waals surface area contributed by atoms with Gasteiger partial charge in [-0.2, -0.15) is 0 Å². The Labute approximate surface area is 209 Å². The number of amides is 1. The minimum atomic E-state index is -0.0463. The van der Waals surface area contributed by atoms with Gasteiger partial charge in [-0.3, -0.25) is 9.69 Å². The lowest BCUT2D eigenvalue weighted by atomic mass is 9.87. The SMILES string of the molecule is COc1ccccc1C1CN(Cc2cc(C)c(C)o2)CC1CN(Cc1ccccc1)C(=O)C(C)C. The van der Waals surface area contributed by atoms with E-state index in [2.05, 4.69) is 47.1 Å². The summed E-state index contributed by atoms with van der Waals surface area (Å²) in [6, 6.07) is 20.7. The van der Waals surface area contributed by atoms with E-state index in [1.54, 1.807) is 7.11 Å². The number of furan rings is 1. The molecule has 5 nitrogen and oxygen atoms in total. The van der Waals surface area contributed by atoms with Crippen LogP contribution in [0.3, 0.4) is 0 Å². The molecule has 0 spiro atoms. The molecule has 0 aliphatic carbocycles. The third-order valence-corrected chi connectivity index (χ3v) is 7.13. The molecule has 1 aromatic heterocycles. The Morgan fingerprint density at radius 3 is 2.46 bits per heavy atom. The highest BCUT2D eigenvalue weighted by molar-refractivity contribution is 5.78. The fourth-order valence-corrected chi connectivity index (χ4v) is 5.23. The summed E-state index contributed by atoms with van der Waals surface area (Å²) in [5, 5.41) is 0. The number of likely N-dealkylation sites (tertiary alicyclic amines) is 1. The molecule has 2 atom stereocenters. The normalized spacial score (nSPS) is 18.2. The molecule has 0 saturated carbocycles. The van der Waals surface area contributed by atoms with Crippen LogP contribution in [0.5, 0.6) is 5.75 Å². The van der Waals surface area contributed by atoms with Crippen molar-refractivity contribution in [1.29, 1.82) is 0 Å². The monoisotopic (exact) mass is 474 g/mol. The summed E-state index contributed by atoms with van der Waals surface area (Å²) in [5.41, 5.74) is 3.56. The minimum Gasteiger partial charge on any atom is -0.496 e. The molecule has 35 heavy (non-hydrogen) atoms. The molecule has 2 unspecified atom stereocenters. The average Bonchev–Trinajstić information content (AvgIpc) is 3.39. The number of methoxy groups -OCH3 is 1. The highest BCUT2D eigenvalue weighted by atomic mass is 16.5. The first-order chi connectivity index (χ1) is 16.9. The van der Waals surface area contributed by atoms with Crippen LogP contribution >= 0.6 is 0 Å². The van der Waals surface area contributed by atoms with Crippen molar-refractivity contribution >= 4 is 5.91 Å². The number of nitrogens with zero attached hydrogens (tertiary/aromatic N) is 2. The van der Waals surface area contributed by atoms with Gasteiger partial charge in [-0.25, -0.2) is 0 Å². The van der Waals surface area contributed by atoms with Crippen LogP contribution in [0.2, 0.25) is 0 Å². The van der Waals surface area contributed by atoms with Crippen molar-refractivity contribution in [2.75, 3.05) is 26.7 Å². The summed E-state index contributed by atoms with van der Waals surface area (Å²) in [6.07, 6.45) is 0. The Morgan fingerprint density at radius 1 is 1.09 bits per heavy atom. The van der Waals surface area contributed by atoms with E-state index in [-0.39, 0.29) is 23.7 Å². The number of carbonyl (C=O) groups excluding carboxylic acids is 1. The maximum atomic E-state index is 13.3. The number of benzene rings is 2. The van der Waals surface area contributed by atoms with Crippen molar-refractivity contribution < 1.29 is 13.9 Å². The van der Waals surface area contributed by atoms with Crippen LogP contribution in [-0.2, 0) is 17.9 Å². The van der Waals surface area contributed by atoms with Crippen LogP contribution in [0, 0.1) is 25.7 Å². The molecule has 0 radical (unpaired) electrons. The van der Waals surface area contributed by atoms with Crippen LogP contribution in [0.25, 0.3) is 0 Å². The molecule has 3 aromatic rings. The summed E-state index contributed by atoms with van der Waals surface area (Å²) in [6.45, 7) is 12.0. The highest BCUT2D eigenvalue weighted by Crippen LogP contribution is 2.39. The number of rotatable bonds is 9. The van der Waals surface area contributed by atoms with Crippen molar-refractivity contribution in [2.45, 2.75) is 46.7 Å². The van der Waals surface area contributed by atoms with Crippen molar-refractivity contribution in [3.05, 3.63) is 88.9 Å². The van der Waals surface area contributed by atoms with Crippen LogP contribution in [-0.4, -0.2) is 42.5 Å². The number of aryl methyl sites for hydroxylation is 2. The van der Waals surface area contributed by atoms with Crippen molar-refractivity contribution in [3.8, 4) is 5.75 Å². The summed E-state index contributed by atoms with van der Waals surface area (Å²) in [5.74, 6) is 3.60. The fraction of sp³-hybridized carbons (Fsp3) is 0.433. The van der Waals surface area contributed by atoms with E-state index in [0.717, 1.165) is 42.5 Å². The van der Waals surface area contributed by atoms with Gasteiger partial charge in [0.25, 0.3) is 0 Å². The molecule has 1 aliphatic rings. The van der Waals surface area contributed by atoms with E-state index in [4.69, 9.17) is 9.15 Å². The second kappa shape index (κ2) is 11.1. The first-order valence-electron chi connectivity index (χ1n) is 12.6. The third kappa shape index (κ3) is 5.96. The molecule has 1 aliphatic heterocycles. The number of carbonyl (C=O) groups is 1. The molecular formula is C30H38N2O3. The lowest BCUT2D eigenvalue weighted by Crippen LogP contribution is -2.39. The molecule has 2 aromatic carbocycles. The van der Waals surface area contributed by atoms with Crippen molar-refractivity contribution in [2.24, 2.45) is 11.8 Å². The van der Waals surface area contributed by atoms with Crippen LogP contribution < -0.4 is 4.74 Å². The van der Waals surface area contributed by atoms with Gasteiger partial charge in [-0.15, -0.1) is 0 Å². The maximum absolute atomic E-state index is 13.3. The summed E-state index contributed by atoms with van der Waals surface area (Å²) >= 11 is 0. The molecule has 1 amide bonds. The summed E-state index contributed by atoms with van der Waals surface area (Å²) < 4.78 is 11.7. The van der Waals surface area contributed by atoms with Gasteiger partial charge in [-0.1, -0.05) is 62.4 Å². The Kier molecular flexibility index (Phi) is 7.97. The van der Waals surface area contributed by atoms with E-state index in [0.29, 0.717) is 13.1 Å². The molecule has 1 fully saturated rings. The van der Waals surface area contributed by atoms with Gasteiger partial charge in [-0.05, 0) is 48.6 Å². The van der Waals surface area contributed by atoms with Gasteiger partial charge in [0.15, 0.2) is 0 Å². The van der Waals surface area contributed by atoms with E-state index >= 15 is 0 Å². The van der Waals surface area contributed by atoms with E-state index in [9.17, 15) is 4.79 Å². The zero-order chi connectivity index (χ0) is 24.9. The van der Waals surface area contributed by atoms with Gasteiger partial charge < -0.3 is 14.1 Å². The molecule has 186 valence electrons. The first-order valence-corrected chi connectivity index (χ1v) is 12.6. The van der Waals surface area contributed by atoms with Crippen LogP contribution in [0.15, 0.2) is 65.1 Å². The number of hydrogen-bond acceptors (Lipinski definition) is 4. The maximum Gasteiger partial charge on any atom is 0.225 e. The zero-order valence-electron chi connectivity index (χ0n) is 21.7. The zero-order valence-corrected chi connectivity index (χ0v) is 21.7. The molecule has 4 rings (SSSR count). The topological polar surface area (TPSA) is 45.9 Å². The second-order valence-electron chi connectivity index (χ2n) is 10.1. The van der Waals surface area contributed by atoms with Crippen LogP contribution in [0.1, 0.15) is 48.0 Å². The third-order valence-electron chi connectivity index (χ3n) is 7.13. The average molecular weight is 475 g/mol. The van der Waals surface area contributed by atoms with Gasteiger partial charge in [0.1, 0.15) is 17.3 Å². The van der Waals surface area contributed by atoms with Crippen LogP contribution in [0.4, 0.5) is 0 Å². The number of para-hydroxylation sites is 1. The summed E-state index contributed by atoms with van der Waals surface area (Å²) in [4.78, 5) is 17.8. The van der Waals surface area contributed by atoms with Gasteiger partial charge in [0, 0.05) is 38.0 Å². The van der Waals surface area contributed by atoms with E-state index in [1.807, 2.05) is 51.1 Å². The standard InChI is InChI=1S/C30H38N2O3/c1-21(2)30(33)32(16-24-11-7-6-8-12-24)18-25-17-31(19-26-15-22(3)23(4)35-26)20-28(25)27-13-9-10-14-29(27)34-5/h6-15,21,25,28H,16-20H2,1-5H3. The highest BCUT2D eigenvalue weighted by Gasteiger charge is 2.37. The van der Waals surface area contributed by atoms with Crippen molar-refractivity contribution in [1.82, 2.24) is 9.80 Å². The van der Waals surface area contributed by atoms with Gasteiger partial charge in [0.05, 0.1) is 13.7 Å². The van der Waals surface area contributed by atoms with Crippen molar-refractivity contribution in [3.63, 3.8) is 0 Å².